The lowest BCUT2D eigenvalue weighted by Gasteiger charge is -2.12. The topological polar surface area (TPSA) is 48.0 Å². The van der Waals surface area contributed by atoms with Gasteiger partial charge >= 0.3 is 0 Å². The Bertz CT molecular complexity index is 3470. The molecule has 9 aromatic carbocycles. The summed E-state index contributed by atoms with van der Waals surface area (Å²) in [7, 11) is 0. The Morgan fingerprint density at radius 3 is 1.40 bits per heavy atom. The maximum absolute atomic E-state index is 5.14. The summed E-state index contributed by atoms with van der Waals surface area (Å²) in [5.74, 6) is 1.93. The van der Waals surface area contributed by atoms with Crippen LogP contribution in [0.2, 0.25) is 0 Å². The minimum Gasteiger partial charge on any atom is -0.293 e. The van der Waals surface area contributed by atoms with E-state index in [1.165, 1.54) is 27.5 Å². The Morgan fingerprint density at radius 2 is 0.767 bits per heavy atom. The van der Waals surface area contributed by atoms with Gasteiger partial charge in [0, 0.05) is 33.3 Å². The Labute approximate surface area is 346 Å². The molecule has 60 heavy (non-hydrogen) atoms. The van der Waals surface area contributed by atoms with Gasteiger partial charge in [0.15, 0.2) is 17.5 Å². The first-order valence-corrected chi connectivity index (χ1v) is 20.3. The zero-order valence-corrected chi connectivity index (χ0v) is 32.4. The lowest BCUT2D eigenvalue weighted by Crippen LogP contribution is -2.01. The van der Waals surface area contributed by atoms with E-state index in [9.17, 15) is 0 Å². The summed E-state index contributed by atoms with van der Waals surface area (Å²) in [4.78, 5) is 15.4. The standard InChI is InChI=1S/C55H35N5/c1-2-16-40(17-3-1)51-47-22-8-9-25-48(47)60-50-27-11-10-26-49(50)59(55(51)60)42-34-32-37(33-35-42)36-28-30-41(31-29-36)52-56-53(45-23-12-18-38-14-4-6-20-43(38)45)58-54(57-52)46-24-13-19-39-15-5-7-21-44(39)46/h1-35H. The fraction of sp³-hybridized carbons (Fsp3) is 0. The first-order valence-electron chi connectivity index (χ1n) is 20.3. The molecule has 0 aliphatic heterocycles. The minimum atomic E-state index is 0.634. The monoisotopic (exact) mass is 765 g/mol. The van der Waals surface area contributed by atoms with Crippen molar-refractivity contribution in [3.05, 3.63) is 212 Å². The number of benzene rings is 9. The Balaban J connectivity index is 0.960. The molecule has 0 amide bonds. The smallest absolute Gasteiger partial charge is 0.164 e. The van der Waals surface area contributed by atoms with E-state index in [-0.39, 0.29) is 0 Å². The van der Waals surface area contributed by atoms with Crippen LogP contribution in [0, 0.1) is 0 Å². The highest BCUT2D eigenvalue weighted by molar-refractivity contribution is 6.09. The number of imidazole rings is 1. The van der Waals surface area contributed by atoms with Gasteiger partial charge in [-0.3, -0.25) is 8.97 Å². The van der Waals surface area contributed by atoms with Crippen LogP contribution in [0.1, 0.15) is 0 Å². The van der Waals surface area contributed by atoms with Crippen LogP contribution in [-0.4, -0.2) is 23.9 Å². The van der Waals surface area contributed by atoms with E-state index >= 15 is 0 Å². The van der Waals surface area contributed by atoms with E-state index in [1.807, 2.05) is 0 Å². The molecule has 0 saturated carbocycles. The zero-order chi connectivity index (χ0) is 39.6. The van der Waals surface area contributed by atoms with Gasteiger partial charge in [0.2, 0.25) is 0 Å². The van der Waals surface area contributed by atoms with Gasteiger partial charge in [0.05, 0.1) is 16.6 Å². The number of aromatic nitrogens is 5. The first-order chi connectivity index (χ1) is 29.8. The van der Waals surface area contributed by atoms with Crippen molar-refractivity contribution in [2.24, 2.45) is 0 Å². The quantitative estimate of drug-likeness (QED) is 0.169. The van der Waals surface area contributed by atoms with Crippen LogP contribution in [0.5, 0.6) is 0 Å². The van der Waals surface area contributed by atoms with Gasteiger partial charge in [-0.1, -0.05) is 182 Å². The molecule has 12 rings (SSSR count). The van der Waals surface area contributed by atoms with Crippen molar-refractivity contribution < 1.29 is 0 Å². The Morgan fingerprint density at radius 1 is 0.300 bits per heavy atom. The third-order valence-electron chi connectivity index (χ3n) is 11.8. The molecule has 0 spiro atoms. The molecule has 3 heterocycles. The predicted molar refractivity (Wildman–Crippen MR) is 247 cm³/mol. The molecule has 0 saturated heterocycles. The summed E-state index contributed by atoms with van der Waals surface area (Å²) in [6.45, 7) is 0. The number of hydrogen-bond acceptors (Lipinski definition) is 3. The van der Waals surface area contributed by atoms with Crippen molar-refractivity contribution in [2.75, 3.05) is 0 Å². The fourth-order valence-electron chi connectivity index (χ4n) is 8.99. The second kappa shape index (κ2) is 13.8. The van der Waals surface area contributed by atoms with E-state index in [2.05, 4.69) is 221 Å². The third kappa shape index (κ3) is 5.44. The maximum Gasteiger partial charge on any atom is 0.164 e. The minimum absolute atomic E-state index is 0.634. The molecule has 0 N–H and O–H groups in total. The summed E-state index contributed by atoms with van der Waals surface area (Å²) in [5.41, 5.74) is 13.4. The van der Waals surface area contributed by atoms with E-state index in [1.54, 1.807) is 0 Å². The van der Waals surface area contributed by atoms with Gasteiger partial charge < -0.3 is 0 Å². The molecule has 3 aromatic heterocycles. The van der Waals surface area contributed by atoms with Crippen molar-refractivity contribution >= 4 is 49.1 Å². The number of fused-ring (bicyclic) bond motifs is 7. The maximum atomic E-state index is 5.14. The molecule has 0 bridgehead atoms. The normalized spacial score (nSPS) is 11.7. The zero-order valence-electron chi connectivity index (χ0n) is 32.4. The average molecular weight is 766 g/mol. The summed E-state index contributed by atoms with van der Waals surface area (Å²) in [6.07, 6.45) is 0. The summed E-state index contributed by atoms with van der Waals surface area (Å²) in [6, 6.07) is 75.1. The summed E-state index contributed by atoms with van der Waals surface area (Å²) >= 11 is 0. The van der Waals surface area contributed by atoms with Crippen molar-refractivity contribution in [2.45, 2.75) is 0 Å². The highest BCUT2D eigenvalue weighted by Crippen LogP contribution is 2.41. The predicted octanol–water partition coefficient (Wildman–Crippen LogP) is 13.9. The van der Waals surface area contributed by atoms with Gasteiger partial charge in [-0.05, 0) is 68.6 Å². The van der Waals surface area contributed by atoms with Gasteiger partial charge in [-0.2, -0.15) is 0 Å². The van der Waals surface area contributed by atoms with Crippen LogP contribution in [0.3, 0.4) is 0 Å². The number of para-hydroxylation sites is 3. The van der Waals surface area contributed by atoms with Crippen LogP contribution in [0.15, 0.2) is 212 Å². The Hall–Kier alpha value is -8.15. The van der Waals surface area contributed by atoms with Crippen LogP contribution >= 0.6 is 0 Å². The van der Waals surface area contributed by atoms with E-state index in [0.717, 1.165) is 66.2 Å². The van der Waals surface area contributed by atoms with E-state index in [4.69, 9.17) is 15.0 Å². The summed E-state index contributed by atoms with van der Waals surface area (Å²) in [5, 5.41) is 5.74. The molecule has 5 nitrogen and oxygen atoms in total. The highest BCUT2D eigenvalue weighted by atomic mass is 15.1. The van der Waals surface area contributed by atoms with Crippen molar-refractivity contribution in [3.63, 3.8) is 0 Å². The van der Waals surface area contributed by atoms with Gasteiger partial charge in [-0.25, -0.2) is 15.0 Å². The van der Waals surface area contributed by atoms with Gasteiger partial charge in [0.1, 0.15) is 5.65 Å². The van der Waals surface area contributed by atoms with Crippen molar-refractivity contribution in [1.29, 1.82) is 0 Å². The highest BCUT2D eigenvalue weighted by Gasteiger charge is 2.22. The molecular weight excluding hydrogens is 731 g/mol. The van der Waals surface area contributed by atoms with Crippen molar-refractivity contribution in [3.8, 4) is 62.1 Å². The Kier molecular flexibility index (Phi) is 7.78. The lowest BCUT2D eigenvalue weighted by molar-refractivity contribution is 1.08. The molecule has 280 valence electrons. The molecule has 12 aromatic rings. The third-order valence-corrected chi connectivity index (χ3v) is 11.8. The van der Waals surface area contributed by atoms with Crippen LogP contribution in [-0.2, 0) is 0 Å². The lowest BCUT2D eigenvalue weighted by atomic mass is 10.0. The fourth-order valence-corrected chi connectivity index (χ4v) is 8.99. The number of rotatable bonds is 6. The second-order valence-corrected chi connectivity index (χ2v) is 15.2. The molecule has 0 aliphatic rings. The van der Waals surface area contributed by atoms with E-state index < -0.39 is 0 Å². The molecule has 5 heteroatoms. The summed E-state index contributed by atoms with van der Waals surface area (Å²) < 4.78 is 4.82. The SMILES string of the molecule is c1ccc(-c2c3ccccc3n3c4ccccc4n(-c4ccc(-c5ccc(-c6nc(-c7cccc8ccccc78)nc(-c7cccc8ccccc78)n6)cc5)cc4)c23)cc1. The van der Waals surface area contributed by atoms with Gasteiger partial charge in [-0.15, -0.1) is 0 Å². The van der Waals surface area contributed by atoms with Crippen molar-refractivity contribution in [1.82, 2.24) is 23.9 Å². The van der Waals surface area contributed by atoms with Crippen LogP contribution < -0.4 is 0 Å². The largest absolute Gasteiger partial charge is 0.293 e. The molecule has 0 radical (unpaired) electrons. The molecular formula is C55H35N5. The number of nitrogens with zero attached hydrogens (tertiary/aromatic N) is 5. The average Bonchev–Trinajstić information content (AvgIpc) is 3.84. The van der Waals surface area contributed by atoms with Crippen LogP contribution in [0.25, 0.3) is 111 Å². The van der Waals surface area contributed by atoms with Gasteiger partial charge in [0.25, 0.3) is 0 Å². The molecule has 0 fully saturated rings. The van der Waals surface area contributed by atoms with E-state index in [0.29, 0.717) is 17.5 Å². The molecule has 0 aliphatic carbocycles. The molecule has 0 atom stereocenters. The molecule has 0 unspecified atom stereocenters. The second-order valence-electron chi connectivity index (χ2n) is 15.2. The number of hydrogen-bond donors (Lipinski definition) is 0. The first kappa shape index (κ1) is 33.9. The van der Waals surface area contributed by atoms with Crippen LogP contribution in [0.4, 0.5) is 0 Å².